The number of carboxylic acid groups (broad SMARTS) is 1. The zero-order chi connectivity index (χ0) is 17.9. The number of carbonyl (C=O) groups is 3. The second-order valence-electron chi connectivity index (χ2n) is 6.41. The van der Waals surface area contributed by atoms with Crippen molar-refractivity contribution in [2.45, 2.75) is 30.6 Å². The van der Waals surface area contributed by atoms with Crippen LogP contribution in [-0.2, 0) is 21.4 Å². The van der Waals surface area contributed by atoms with Gasteiger partial charge >= 0.3 is 35.5 Å². The Morgan fingerprint density at radius 1 is 1.42 bits per heavy atom. The quantitative estimate of drug-likeness (QED) is 0.317. The molecular weight excluding hydrogens is 371 g/mol. The largest absolute Gasteiger partial charge is 1.00 e. The van der Waals surface area contributed by atoms with E-state index in [1.54, 1.807) is 11.9 Å². The van der Waals surface area contributed by atoms with Gasteiger partial charge in [-0.05, 0) is 22.4 Å². The molecule has 0 radical (unpaired) electrons. The Bertz CT molecular complexity index is 832. The van der Waals surface area contributed by atoms with E-state index in [1.807, 2.05) is 0 Å². The van der Waals surface area contributed by atoms with Gasteiger partial charge in [-0.1, -0.05) is 11.8 Å². The van der Waals surface area contributed by atoms with E-state index in [9.17, 15) is 19.5 Å². The van der Waals surface area contributed by atoms with Gasteiger partial charge in [0, 0.05) is 32.2 Å². The topological polar surface area (TPSA) is 122 Å². The molecule has 12 heteroatoms. The number of likely N-dealkylation sites (tertiary alicyclic amines) is 1. The maximum absolute atomic E-state index is 12.5. The van der Waals surface area contributed by atoms with Crippen molar-refractivity contribution in [3.63, 3.8) is 0 Å². The van der Waals surface area contributed by atoms with Crippen LogP contribution < -0.4 is 29.6 Å². The number of aryl methyl sites for hydroxylation is 1. The van der Waals surface area contributed by atoms with Crippen LogP contribution in [-0.4, -0.2) is 77.3 Å². The molecule has 0 unspecified atom stereocenters. The Morgan fingerprint density at radius 2 is 2.15 bits per heavy atom. The van der Waals surface area contributed by atoms with E-state index in [1.165, 1.54) is 28.3 Å². The van der Waals surface area contributed by atoms with Crippen LogP contribution in [0.1, 0.15) is 14.8 Å². The van der Waals surface area contributed by atoms with Gasteiger partial charge < -0.3 is 11.4 Å². The summed E-state index contributed by atoms with van der Waals surface area (Å²) in [5.74, 6) is -1.11. The third kappa shape index (κ3) is 2.77. The number of tetrazole rings is 1. The summed E-state index contributed by atoms with van der Waals surface area (Å²) in [6, 6.07) is -0.721. The van der Waals surface area contributed by atoms with Crippen LogP contribution in [0.15, 0.2) is 16.4 Å². The van der Waals surface area contributed by atoms with Crippen molar-refractivity contribution < 1.29 is 50.5 Å². The monoisotopic (exact) mass is 388 g/mol. The first-order chi connectivity index (χ1) is 11.9. The molecule has 3 aliphatic rings. The standard InChI is InChI=1S/C14H16N6O4S.Na.H/c1-6(21)19-4-7-3-8(5-25-14-15-16-17-18(14)2)10(13(23)24)20-9(7)11(19)12(20)22;;/h7,9,11H,3-5H2,1-2H3,(H,23,24);;/q;+1;-1/t7-,9-,11+;;/m1../s1. The summed E-state index contributed by atoms with van der Waals surface area (Å²) in [7, 11) is 1.71. The van der Waals surface area contributed by atoms with Gasteiger partial charge in [-0.2, -0.15) is 0 Å². The Hall–Kier alpha value is -1.43. The predicted octanol–water partition coefficient (Wildman–Crippen LogP) is -3.78. The van der Waals surface area contributed by atoms with Crippen LogP contribution in [0.2, 0.25) is 0 Å². The van der Waals surface area contributed by atoms with Crippen LogP contribution in [0.25, 0.3) is 0 Å². The maximum Gasteiger partial charge on any atom is 1.00 e. The molecule has 1 aromatic heterocycles. The number of rotatable bonds is 4. The first-order valence-corrected chi connectivity index (χ1v) is 8.79. The van der Waals surface area contributed by atoms with E-state index in [0.717, 1.165) is 0 Å². The number of aromatic nitrogens is 4. The van der Waals surface area contributed by atoms with Crippen molar-refractivity contribution in [3.8, 4) is 0 Å². The van der Waals surface area contributed by atoms with Crippen LogP contribution in [0.4, 0.5) is 0 Å². The minimum atomic E-state index is -1.11. The molecule has 0 saturated carbocycles. The first-order valence-electron chi connectivity index (χ1n) is 7.81. The maximum atomic E-state index is 12.5. The summed E-state index contributed by atoms with van der Waals surface area (Å²) in [5.41, 5.74) is 0.731. The zero-order valence-electron chi connectivity index (χ0n) is 15.6. The van der Waals surface area contributed by atoms with Gasteiger partial charge in [0.1, 0.15) is 11.7 Å². The van der Waals surface area contributed by atoms with Gasteiger partial charge in [-0.15, -0.1) is 5.10 Å². The van der Waals surface area contributed by atoms with E-state index in [4.69, 9.17) is 0 Å². The Morgan fingerprint density at radius 3 is 2.73 bits per heavy atom. The number of aliphatic carboxylic acids is 1. The molecule has 3 aliphatic heterocycles. The van der Waals surface area contributed by atoms with Crippen LogP contribution in [0, 0.1) is 5.92 Å². The van der Waals surface area contributed by atoms with Crippen molar-refractivity contribution in [2.75, 3.05) is 12.3 Å². The molecule has 3 atom stereocenters. The molecule has 10 nitrogen and oxygen atoms in total. The summed E-state index contributed by atoms with van der Waals surface area (Å²) >= 11 is 1.33. The van der Waals surface area contributed by atoms with Gasteiger partial charge in [-0.25, -0.2) is 9.48 Å². The van der Waals surface area contributed by atoms with E-state index < -0.39 is 12.0 Å². The zero-order valence-corrected chi connectivity index (χ0v) is 17.4. The smallest absolute Gasteiger partial charge is 1.00 e. The molecule has 1 N–H and O–H groups in total. The fourth-order valence-electron chi connectivity index (χ4n) is 3.98. The molecule has 26 heavy (non-hydrogen) atoms. The fourth-order valence-corrected chi connectivity index (χ4v) is 4.86. The van der Waals surface area contributed by atoms with E-state index in [2.05, 4.69) is 15.5 Å². The van der Waals surface area contributed by atoms with Crippen molar-refractivity contribution in [3.05, 3.63) is 11.3 Å². The van der Waals surface area contributed by atoms with Crippen LogP contribution in [0.3, 0.4) is 0 Å². The Balaban J connectivity index is 0.00000131. The summed E-state index contributed by atoms with van der Waals surface area (Å²) in [4.78, 5) is 39.0. The number of hydrogen-bond acceptors (Lipinski definition) is 7. The predicted molar refractivity (Wildman–Crippen MR) is 85.2 cm³/mol. The Kier molecular flexibility index (Phi) is 5.17. The minimum absolute atomic E-state index is 0. The normalized spacial score (nSPS) is 26.4. The van der Waals surface area contributed by atoms with E-state index in [-0.39, 0.29) is 60.5 Å². The molecule has 0 aromatic carbocycles. The van der Waals surface area contributed by atoms with Crippen molar-refractivity contribution in [2.24, 2.45) is 13.0 Å². The SMILES string of the molecule is CC(=O)N1C[C@H]2CC(CSc3nnnn3C)=C(C(=O)O)N3C(=O)[C@@H]1[C@@H]23.[H-].[Na+]. The fraction of sp³-hybridized carbons (Fsp3) is 0.571. The van der Waals surface area contributed by atoms with Crippen LogP contribution in [0.5, 0.6) is 0 Å². The molecule has 4 rings (SSSR count). The minimum Gasteiger partial charge on any atom is -1.00 e. The second-order valence-corrected chi connectivity index (χ2v) is 7.35. The first kappa shape index (κ1) is 19.3. The molecule has 0 aliphatic carbocycles. The van der Waals surface area contributed by atoms with Crippen molar-refractivity contribution >= 4 is 29.5 Å². The molecule has 0 spiro atoms. The van der Waals surface area contributed by atoms with Gasteiger partial charge in [-0.3, -0.25) is 14.5 Å². The molecular formula is C14H17N6NaO4S. The third-order valence-corrected chi connectivity index (χ3v) is 6.11. The van der Waals surface area contributed by atoms with E-state index >= 15 is 0 Å². The molecule has 2 amide bonds. The summed E-state index contributed by atoms with van der Waals surface area (Å²) < 4.78 is 1.51. The number of hydrogen-bond donors (Lipinski definition) is 1. The number of β-lactam (4-membered cyclic amide) rings is 1. The number of amides is 2. The number of nitrogens with zero attached hydrogens (tertiary/aromatic N) is 6. The summed E-state index contributed by atoms with van der Waals surface area (Å²) in [6.07, 6.45) is 0.550. The average Bonchev–Trinajstić information content (AvgIpc) is 3.12. The van der Waals surface area contributed by atoms with E-state index in [0.29, 0.717) is 29.4 Å². The third-order valence-electron chi connectivity index (χ3n) is 5.01. The van der Waals surface area contributed by atoms with Gasteiger partial charge in [0.25, 0.3) is 5.91 Å². The average molecular weight is 388 g/mol. The second kappa shape index (κ2) is 6.95. The van der Waals surface area contributed by atoms with Gasteiger partial charge in [0.2, 0.25) is 11.1 Å². The number of carbonyl (C=O) groups excluding carboxylic acids is 2. The molecule has 0 bridgehead atoms. The number of carboxylic acids is 1. The van der Waals surface area contributed by atoms with Crippen LogP contribution >= 0.6 is 11.8 Å². The molecule has 2 fully saturated rings. The van der Waals surface area contributed by atoms with Gasteiger partial charge in [0.05, 0.1) is 6.04 Å². The molecule has 134 valence electrons. The summed E-state index contributed by atoms with van der Waals surface area (Å²) in [5, 5.41) is 21.4. The number of thioether (sulfide) groups is 1. The molecule has 2 saturated heterocycles. The Labute approximate surface area is 176 Å². The van der Waals surface area contributed by atoms with Gasteiger partial charge in [0.15, 0.2) is 0 Å². The molecule has 1 aromatic rings. The molecule has 4 heterocycles. The van der Waals surface area contributed by atoms with Crippen molar-refractivity contribution in [1.29, 1.82) is 0 Å². The summed E-state index contributed by atoms with van der Waals surface area (Å²) in [6.45, 7) is 1.93. The van der Waals surface area contributed by atoms with Crippen molar-refractivity contribution in [1.82, 2.24) is 30.0 Å².